The van der Waals surface area contributed by atoms with Crippen LogP contribution >= 0.6 is 0 Å². The van der Waals surface area contributed by atoms with Gasteiger partial charge in [0.1, 0.15) is 11.5 Å². The second-order valence-corrected chi connectivity index (χ2v) is 5.11. The Bertz CT molecular complexity index is 546. The summed E-state index contributed by atoms with van der Waals surface area (Å²) in [7, 11) is 0. The number of rotatable bonds is 6. The van der Waals surface area contributed by atoms with Crippen molar-refractivity contribution >= 4 is 10.8 Å². The molecule has 0 aliphatic rings. The molecule has 0 spiro atoms. The molecule has 19 heavy (non-hydrogen) atoms. The van der Waals surface area contributed by atoms with E-state index in [1.807, 2.05) is 18.2 Å². The number of aromatic hydroxyl groups is 2. The summed E-state index contributed by atoms with van der Waals surface area (Å²) in [6, 6.07) is 9.09. The van der Waals surface area contributed by atoms with Crippen LogP contribution in [0.5, 0.6) is 11.5 Å². The third-order valence-electron chi connectivity index (χ3n) is 3.64. The summed E-state index contributed by atoms with van der Waals surface area (Å²) in [5.41, 5.74) is 0.981. The average Bonchev–Trinajstić information content (AvgIpc) is 2.42. The normalized spacial score (nSPS) is 11.0. The fourth-order valence-electron chi connectivity index (χ4n) is 2.49. The van der Waals surface area contributed by atoms with Gasteiger partial charge >= 0.3 is 0 Å². The second-order valence-electron chi connectivity index (χ2n) is 5.11. The molecule has 0 amide bonds. The van der Waals surface area contributed by atoms with E-state index in [0.29, 0.717) is 5.75 Å². The zero-order valence-electron chi connectivity index (χ0n) is 11.5. The monoisotopic (exact) mass is 258 g/mol. The van der Waals surface area contributed by atoms with Crippen molar-refractivity contribution in [2.45, 2.75) is 45.4 Å². The van der Waals surface area contributed by atoms with E-state index in [-0.39, 0.29) is 5.75 Å². The Morgan fingerprint density at radius 2 is 1.63 bits per heavy atom. The van der Waals surface area contributed by atoms with Gasteiger partial charge in [-0.15, -0.1) is 0 Å². The molecule has 0 radical (unpaired) electrons. The molecule has 2 N–H and O–H groups in total. The summed E-state index contributed by atoms with van der Waals surface area (Å²) < 4.78 is 0. The summed E-state index contributed by atoms with van der Waals surface area (Å²) in [6.07, 6.45) is 7.04. The van der Waals surface area contributed by atoms with Crippen molar-refractivity contribution in [2.24, 2.45) is 0 Å². The molecular formula is C17H22O2. The number of phenols is 2. The summed E-state index contributed by atoms with van der Waals surface area (Å²) in [5.74, 6) is 0.547. The van der Waals surface area contributed by atoms with E-state index in [1.165, 1.54) is 25.7 Å². The number of benzene rings is 2. The highest BCUT2D eigenvalue weighted by atomic mass is 16.3. The molecule has 0 saturated carbocycles. The smallest absolute Gasteiger partial charge is 0.126 e. The SMILES string of the molecule is CCCCCCCc1ccc2c(O)cccc2c1O. The Balaban J connectivity index is 2.10. The minimum Gasteiger partial charge on any atom is -0.507 e. The van der Waals surface area contributed by atoms with Crippen molar-refractivity contribution in [1.29, 1.82) is 0 Å². The molecule has 2 aromatic rings. The Labute approximate surface area is 114 Å². The van der Waals surface area contributed by atoms with Crippen LogP contribution in [0.3, 0.4) is 0 Å². The van der Waals surface area contributed by atoms with Gasteiger partial charge in [0.25, 0.3) is 0 Å². The number of phenolic OH excluding ortho intramolecular Hbond substituents is 2. The molecule has 102 valence electrons. The maximum absolute atomic E-state index is 10.3. The highest BCUT2D eigenvalue weighted by molar-refractivity contribution is 5.93. The molecule has 0 aliphatic carbocycles. The lowest BCUT2D eigenvalue weighted by Gasteiger charge is -2.09. The number of aryl methyl sites for hydroxylation is 1. The van der Waals surface area contributed by atoms with Crippen molar-refractivity contribution in [3.63, 3.8) is 0 Å². The van der Waals surface area contributed by atoms with Crippen LogP contribution < -0.4 is 0 Å². The molecule has 2 nitrogen and oxygen atoms in total. The minimum atomic E-state index is 0.224. The fraction of sp³-hybridized carbons (Fsp3) is 0.412. The van der Waals surface area contributed by atoms with Crippen LogP contribution in [-0.4, -0.2) is 10.2 Å². The number of hydrogen-bond acceptors (Lipinski definition) is 2. The predicted octanol–water partition coefficient (Wildman–Crippen LogP) is 4.76. The van der Waals surface area contributed by atoms with E-state index in [1.54, 1.807) is 12.1 Å². The molecule has 0 atom stereocenters. The third-order valence-corrected chi connectivity index (χ3v) is 3.64. The van der Waals surface area contributed by atoms with Gasteiger partial charge in [-0.05, 0) is 24.5 Å². The van der Waals surface area contributed by atoms with Crippen LogP contribution in [-0.2, 0) is 6.42 Å². The maximum Gasteiger partial charge on any atom is 0.126 e. The van der Waals surface area contributed by atoms with Gasteiger partial charge in [-0.3, -0.25) is 0 Å². The molecule has 0 unspecified atom stereocenters. The maximum atomic E-state index is 10.3. The first-order valence-electron chi connectivity index (χ1n) is 7.16. The van der Waals surface area contributed by atoms with E-state index < -0.39 is 0 Å². The number of hydrogen-bond donors (Lipinski definition) is 2. The Kier molecular flexibility index (Phi) is 4.67. The molecule has 2 heteroatoms. The van der Waals surface area contributed by atoms with Crippen LogP contribution in [0, 0.1) is 0 Å². The van der Waals surface area contributed by atoms with Crippen LogP contribution in [0.25, 0.3) is 10.8 Å². The molecule has 0 saturated heterocycles. The molecule has 0 fully saturated rings. The lowest BCUT2D eigenvalue weighted by Crippen LogP contribution is -1.88. The first-order valence-corrected chi connectivity index (χ1v) is 7.16. The molecule has 0 aromatic heterocycles. The summed E-state index contributed by atoms with van der Waals surface area (Å²) in [4.78, 5) is 0. The average molecular weight is 258 g/mol. The van der Waals surface area contributed by atoms with E-state index in [2.05, 4.69) is 6.92 Å². The van der Waals surface area contributed by atoms with Crippen LogP contribution in [0.2, 0.25) is 0 Å². The number of unbranched alkanes of at least 4 members (excludes halogenated alkanes) is 4. The lowest BCUT2D eigenvalue weighted by atomic mass is 10.00. The van der Waals surface area contributed by atoms with Crippen LogP contribution in [0.15, 0.2) is 30.3 Å². The van der Waals surface area contributed by atoms with Gasteiger partial charge in [-0.25, -0.2) is 0 Å². The molecule has 0 bridgehead atoms. The van der Waals surface area contributed by atoms with Crippen LogP contribution in [0.1, 0.15) is 44.6 Å². The van der Waals surface area contributed by atoms with E-state index in [0.717, 1.165) is 29.2 Å². The lowest BCUT2D eigenvalue weighted by molar-refractivity contribution is 0.469. The zero-order chi connectivity index (χ0) is 13.7. The fourth-order valence-corrected chi connectivity index (χ4v) is 2.49. The first-order chi connectivity index (χ1) is 9.24. The summed E-state index contributed by atoms with van der Waals surface area (Å²) in [5, 5.41) is 21.5. The van der Waals surface area contributed by atoms with Gasteiger partial charge in [0.05, 0.1) is 0 Å². The molecule has 0 heterocycles. The Hall–Kier alpha value is -1.70. The van der Waals surface area contributed by atoms with E-state index >= 15 is 0 Å². The standard InChI is InChI=1S/C17H22O2/c1-2-3-4-5-6-8-13-11-12-14-15(17(13)19)9-7-10-16(14)18/h7,9-12,18-19H,2-6,8H2,1H3. The first kappa shape index (κ1) is 13.7. The third kappa shape index (κ3) is 3.19. The summed E-state index contributed by atoms with van der Waals surface area (Å²) >= 11 is 0. The van der Waals surface area contributed by atoms with Crippen molar-refractivity contribution in [1.82, 2.24) is 0 Å². The second kappa shape index (κ2) is 6.46. The zero-order valence-corrected chi connectivity index (χ0v) is 11.5. The number of fused-ring (bicyclic) bond motifs is 1. The van der Waals surface area contributed by atoms with Gasteiger partial charge in [0, 0.05) is 10.8 Å². The minimum absolute atomic E-state index is 0.224. The molecule has 2 rings (SSSR count). The summed E-state index contributed by atoms with van der Waals surface area (Å²) in [6.45, 7) is 2.21. The molecule has 2 aromatic carbocycles. The van der Waals surface area contributed by atoms with Crippen molar-refractivity contribution < 1.29 is 10.2 Å². The van der Waals surface area contributed by atoms with Crippen molar-refractivity contribution in [2.75, 3.05) is 0 Å². The Morgan fingerprint density at radius 3 is 2.42 bits per heavy atom. The van der Waals surface area contributed by atoms with Crippen LogP contribution in [0.4, 0.5) is 0 Å². The van der Waals surface area contributed by atoms with E-state index in [4.69, 9.17) is 0 Å². The largest absolute Gasteiger partial charge is 0.507 e. The van der Waals surface area contributed by atoms with Gasteiger partial charge in [0.15, 0.2) is 0 Å². The van der Waals surface area contributed by atoms with Crippen molar-refractivity contribution in [3.05, 3.63) is 35.9 Å². The topological polar surface area (TPSA) is 40.5 Å². The van der Waals surface area contributed by atoms with Gasteiger partial charge in [0.2, 0.25) is 0 Å². The highest BCUT2D eigenvalue weighted by Crippen LogP contribution is 2.34. The predicted molar refractivity (Wildman–Crippen MR) is 79.7 cm³/mol. The quantitative estimate of drug-likeness (QED) is 0.733. The molecule has 0 aliphatic heterocycles. The van der Waals surface area contributed by atoms with E-state index in [9.17, 15) is 10.2 Å². The van der Waals surface area contributed by atoms with Gasteiger partial charge in [-0.1, -0.05) is 56.9 Å². The van der Waals surface area contributed by atoms with Gasteiger partial charge < -0.3 is 10.2 Å². The van der Waals surface area contributed by atoms with Crippen molar-refractivity contribution in [3.8, 4) is 11.5 Å². The molecular weight excluding hydrogens is 236 g/mol. The van der Waals surface area contributed by atoms with Gasteiger partial charge in [-0.2, -0.15) is 0 Å². The highest BCUT2D eigenvalue weighted by Gasteiger charge is 2.08. The Morgan fingerprint density at radius 1 is 0.842 bits per heavy atom.